The summed E-state index contributed by atoms with van der Waals surface area (Å²) in [4.78, 5) is 19.8. The molecular weight excluding hydrogens is 423 g/mol. The van der Waals surface area contributed by atoms with Gasteiger partial charge in [-0.3, -0.25) is 4.90 Å². The minimum absolute atomic E-state index is 0.0406. The van der Waals surface area contributed by atoms with Gasteiger partial charge in [0.1, 0.15) is 11.6 Å². The first-order valence-corrected chi connectivity index (χ1v) is 11.1. The molecule has 2 atom stereocenters. The summed E-state index contributed by atoms with van der Waals surface area (Å²) in [6.07, 6.45) is 5.50. The van der Waals surface area contributed by atoms with Crippen LogP contribution in [0.4, 0.5) is 0 Å². The number of carbonyl (C=O) groups is 1. The van der Waals surface area contributed by atoms with Gasteiger partial charge < -0.3 is 9.15 Å². The molecule has 5 rings (SSSR count). The van der Waals surface area contributed by atoms with Gasteiger partial charge in [-0.15, -0.1) is 0 Å². The first kappa shape index (κ1) is 19.9. The molecule has 0 spiro atoms. The predicted octanol–water partition coefficient (Wildman–Crippen LogP) is 5.98. The molecule has 5 nitrogen and oxygen atoms in total. The van der Waals surface area contributed by atoms with Crippen LogP contribution in [0.3, 0.4) is 0 Å². The Kier molecular flexibility index (Phi) is 5.44. The number of aromatic nitrogens is 1. The molecule has 3 aromatic rings. The lowest BCUT2D eigenvalue weighted by molar-refractivity contribution is -0.0342. The van der Waals surface area contributed by atoms with E-state index in [4.69, 9.17) is 32.4 Å². The van der Waals surface area contributed by atoms with Crippen LogP contribution in [-0.2, 0) is 4.74 Å². The molecule has 2 saturated heterocycles. The smallest absolute Gasteiger partial charge is 0.338 e. The molecule has 30 heavy (non-hydrogen) atoms. The maximum Gasteiger partial charge on any atom is 0.338 e. The first-order chi connectivity index (χ1) is 14.6. The van der Waals surface area contributed by atoms with Crippen molar-refractivity contribution in [2.24, 2.45) is 0 Å². The molecule has 2 aliphatic rings. The van der Waals surface area contributed by atoms with Crippen LogP contribution >= 0.6 is 23.2 Å². The molecule has 1 aromatic heterocycles. The van der Waals surface area contributed by atoms with Gasteiger partial charge in [0.15, 0.2) is 5.58 Å². The summed E-state index contributed by atoms with van der Waals surface area (Å²) in [5.74, 6) is 0.100. The van der Waals surface area contributed by atoms with Crippen LogP contribution in [0.5, 0.6) is 0 Å². The van der Waals surface area contributed by atoms with Crippen LogP contribution in [0.2, 0.25) is 10.0 Å². The summed E-state index contributed by atoms with van der Waals surface area (Å²) in [5, 5.41) is 1.02. The predicted molar refractivity (Wildman–Crippen MR) is 117 cm³/mol. The van der Waals surface area contributed by atoms with E-state index in [1.807, 2.05) is 0 Å². The van der Waals surface area contributed by atoms with Crippen molar-refractivity contribution in [1.29, 1.82) is 0 Å². The second kappa shape index (κ2) is 8.22. The summed E-state index contributed by atoms with van der Waals surface area (Å²) in [6.45, 7) is 2.22. The molecule has 0 radical (unpaired) electrons. The monoisotopic (exact) mass is 444 g/mol. The Morgan fingerprint density at radius 3 is 2.67 bits per heavy atom. The SMILES string of the molecule is O=C(O[C@H]1CCCN2CCCC[C@@H]12)c1ccc2nc(-c3cc(Cl)cc(Cl)c3)oc2c1. The fourth-order valence-corrected chi connectivity index (χ4v) is 5.12. The lowest BCUT2D eigenvalue weighted by Crippen LogP contribution is -2.51. The van der Waals surface area contributed by atoms with E-state index in [1.54, 1.807) is 36.4 Å². The topological polar surface area (TPSA) is 55.6 Å². The molecule has 2 fully saturated rings. The zero-order valence-corrected chi connectivity index (χ0v) is 18.0. The summed E-state index contributed by atoms with van der Waals surface area (Å²) >= 11 is 12.2. The van der Waals surface area contributed by atoms with E-state index in [-0.39, 0.29) is 12.1 Å². The molecule has 0 N–H and O–H groups in total. The maximum atomic E-state index is 12.9. The molecule has 156 valence electrons. The van der Waals surface area contributed by atoms with E-state index in [2.05, 4.69) is 9.88 Å². The van der Waals surface area contributed by atoms with Gasteiger partial charge in [-0.2, -0.15) is 0 Å². The molecule has 3 heterocycles. The Balaban J connectivity index is 1.37. The van der Waals surface area contributed by atoms with Gasteiger partial charge in [0.2, 0.25) is 5.89 Å². The minimum atomic E-state index is -0.307. The van der Waals surface area contributed by atoms with Gasteiger partial charge in [-0.25, -0.2) is 9.78 Å². The Bertz CT molecular complexity index is 1070. The molecule has 0 saturated carbocycles. The molecule has 2 aromatic carbocycles. The van der Waals surface area contributed by atoms with Crippen LogP contribution in [0.25, 0.3) is 22.6 Å². The number of fused-ring (bicyclic) bond motifs is 2. The number of carbonyl (C=O) groups excluding carboxylic acids is 1. The largest absolute Gasteiger partial charge is 0.457 e. The van der Waals surface area contributed by atoms with Crippen LogP contribution in [-0.4, -0.2) is 41.1 Å². The first-order valence-electron chi connectivity index (χ1n) is 10.4. The van der Waals surface area contributed by atoms with Crippen LogP contribution in [0.1, 0.15) is 42.5 Å². The highest BCUT2D eigenvalue weighted by Gasteiger charge is 2.35. The highest BCUT2D eigenvalue weighted by atomic mass is 35.5. The van der Waals surface area contributed by atoms with Gasteiger partial charge in [0.05, 0.1) is 5.56 Å². The average molecular weight is 445 g/mol. The second-order valence-corrected chi connectivity index (χ2v) is 8.92. The van der Waals surface area contributed by atoms with Gasteiger partial charge in [0, 0.05) is 21.7 Å². The lowest BCUT2D eigenvalue weighted by Gasteiger charge is -2.43. The van der Waals surface area contributed by atoms with E-state index in [1.165, 1.54) is 12.8 Å². The second-order valence-electron chi connectivity index (χ2n) is 8.04. The van der Waals surface area contributed by atoms with Crippen molar-refractivity contribution in [1.82, 2.24) is 9.88 Å². The average Bonchev–Trinajstić information content (AvgIpc) is 3.17. The molecule has 2 aliphatic heterocycles. The van der Waals surface area contributed by atoms with Crippen molar-refractivity contribution in [3.63, 3.8) is 0 Å². The van der Waals surface area contributed by atoms with Gasteiger partial charge in [0.25, 0.3) is 0 Å². The number of oxazole rings is 1. The number of benzene rings is 2. The van der Waals surface area contributed by atoms with E-state index in [0.717, 1.165) is 32.4 Å². The fraction of sp³-hybridized carbons (Fsp3) is 0.391. The third-order valence-corrected chi connectivity index (χ3v) is 6.46. The van der Waals surface area contributed by atoms with Crippen LogP contribution < -0.4 is 0 Å². The van der Waals surface area contributed by atoms with E-state index in [0.29, 0.717) is 44.2 Å². The normalized spacial score (nSPS) is 22.1. The molecule has 0 amide bonds. The van der Waals surface area contributed by atoms with E-state index >= 15 is 0 Å². The third kappa shape index (κ3) is 3.94. The van der Waals surface area contributed by atoms with Crippen molar-refractivity contribution in [2.45, 2.75) is 44.2 Å². The number of ether oxygens (including phenoxy) is 1. The number of hydrogen-bond acceptors (Lipinski definition) is 5. The van der Waals surface area contributed by atoms with Crippen molar-refractivity contribution in [3.8, 4) is 11.5 Å². The van der Waals surface area contributed by atoms with Crippen LogP contribution in [0.15, 0.2) is 40.8 Å². The van der Waals surface area contributed by atoms with Crippen molar-refractivity contribution in [3.05, 3.63) is 52.0 Å². The number of esters is 1. The molecule has 0 bridgehead atoms. The number of nitrogens with zero attached hydrogens (tertiary/aromatic N) is 2. The highest BCUT2D eigenvalue weighted by molar-refractivity contribution is 6.35. The standard InChI is InChI=1S/C23H22Cl2N2O3/c24-16-10-15(11-17(25)13-16)22-26-18-7-6-14(12-21(18)29-22)23(28)30-20-5-3-9-27-8-2-1-4-19(20)27/h6-7,10-13,19-20H,1-5,8-9H2/t19-,20-/m0/s1. The number of piperidine rings is 2. The molecule has 0 unspecified atom stereocenters. The Labute approximate surface area is 184 Å². The molecule has 7 heteroatoms. The lowest BCUT2D eigenvalue weighted by atomic mass is 9.90. The van der Waals surface area contributed by atoms with Gasteiger partial charge in [-0.05, 0) is 75.2 Å². The molecular formula is C23H22Cl2N2O3. The fourth-order valence-electron chi connectivity index (χ4n) is 4.60. The highest BCUT2D eigenvalue weighted by Crippen LogP contribution is 2.31. The quantitative estimate of drug-likeness (QED) is 0.465. The summed E-state index contributed by atoms with van der Waals surface area (Å²) < 4.78 is 11.8. The Morgan fingerprint density at radius 2 is 1.83 bits per heavy atom. The number of halogens is 2. The van der Waals surface area contributed by atoms with Crippen molar-refractivity contribution < 1.29 is 13.9 Å². The molecule has 0 aliphatic carbocycles. The van der Waals surface area contributed by atoms with Crippen LogP contribution in [0, 0.1) is 0 Å². The zero-order chi connectivity index (χ0) is 20.7. The van der Waals surface area contributed by atoms with E-state index < -0.39 is 0 Å². The summed E-state index contributed by atoms with van der Waals surface area (Å²) in [5.41, 5.74) is 2.35. The van der Waals surface area contributed by atoms with Gasteiger partial charge >= 0.3 is 5.97 Å². The van der Waals surface area contributed by atoms with Crippen molar-refractivity contribution in [2.75, 3.05) is 13.1 Å². The van der Waals surface area contributed by atoms with Gasteiger partial charge in [-0.1, -0.05) is 29.6 Å². The number of rotatable bonds is 3. The summed E-state index contributed by atoms with van der Waals surface area (Å²) in [7, 11) is 0. The zero-order valence-electron chi connectivity index (χ0n) is 16.4. The van der Waals surface area contributed by atoms with E-state index in [9.17, 15) is 4.79 Å². The minimum Gasteiger partial charge on any atom is -0.457 e. The maximum absolute atomic E-state index is 12.9. The Hall–Kier alpha value is -2.08. The third-order valence-electron chi connectivity index (χ3n) is 6.02. The van der Waals surface area contributed by atoms with Crippen molar-refractivity contribution >= 4 is 40.3 Å². The summed E-state index contributed by atoms with van der Waals surface area (Å²) in [6, 6.07) is 10.7. The number of hydrogen-bond donors (Lipinski definition) is 0. The Morgan fingerprint density at radius 1 is 1.03 bits per heavy atom.